The van der Waals surface area contributed by atoms with E-state index in [2.05, 4.69) is 5.32 Å². The third kappa shape index (κ3) is 3.20. The van der Waals surface area contributed by atoms with Crippen molar-refractivity contribution < 1.29 is 14.6 Å². The van der Waals surface area contributed by atoms with Crippen molar-refractivity contribution in [3.05, 3.63) is 29.8 Å². The third-order valence-corrected chi connectivity index (χ3v) is 2.84. The summed E-state index contributed by atoms with van der Waals surface area (Å²) in [5.41, 5.74) is 0.788. The quantitative estimate of drug-likeness (QED) is 0.828. The van der Waals surface area contributed by atoms with Crippen molar-refractivity contribution in [2.75, 3.05) is 6.54 Å². The van der Waals surface area contributed by atoms with Crippen molar-refractivity contribution in [3.8, 4) is 5.75 Å². The number of carbonyl (C=O) groups is 1. The van der Waals surface area contributed by atoms with E-state index < -0.39 is 6.10 Å². The lowest BCUT2D eigenvalue weighted by atomic mass is 10.1. The van der Waals surface area contributed by atoms with Crippen LogP contribution in [-0.2, 0) is 11.4 Å². The molecule has 0 spiro atoms. The highest BCUT2D eigenvalue weighted by Crippen LogP contribution is 2.18. The first-order valence-corrected chi connectivity index (χ1v) is 5.94. The molecule has 1 atom stereocenters. The molecule has 1 aromatic rings. The molecule has 0 radical (unpaired) electrons. The lowest BCUT2D eigenvalue weighted by molar-refractivity contribution is -0.127. The van der Waals surface area contributed by atoms with Gasteiger partial charge in [0.15, 0.2) is 6.10 Å². The second kappa shape index (κ2) is 5.68. The standard InChI is InChI=1S/C13H17NO3/c15-9-10-4-3-5-11(8-10)17-12-6-1-2-7-14-13(12)16/h3-5,8,12,15H,1-2,6-7,9H2,(H,14,16). The van der Waals surface area contributed by atoms with Crippen LogP contribution < -0.4 is 10.1 Å². The molecule has 1 unspecified atom stereocenters. The summed E-state index contributed by atoms with van der Waals surface area (Å²) in [6.45, 7) is 0.712. The highest BCUT2D eigenvalue weighted by molar-refractivity contribution is 5.81. The van der Waals surface area contributed by atoms with Crippen LogP contribution in [0.25, 0.3) is 0 Å². The van der Waals surface area contributed by atoms with E-state index >= 15 is 0 Å². The van der Waals surface area contributed by atoms with Crippen LogP contribution in [0, 0.1) is 0 Å². The number of ether oxygens (including phenoxy) is 1. The van der Waals surface area contributed by atoms with Crippen LogP contribution in [0.3, 0.4) is 0 Å². The Morgan fingerprint density at radius 2 is 2.29 bits per heavy atom. The summed E-state index contributed by atoms with van der Waals surface area (Å²) in [5.74, 6) is 0.593. The zero-order valence-electron chi connectivity index (χ0n) is 9.69. The fourth-order valence-electron chi connectivity index (χ4n) is 1.91. The van der Waals surface area contributed by atoms with Crippen LogP contribution in [0.2, 0.25) is 0 Å². The van der Waals surface area contributed by atoms with E-state index in [1.807, 2.05) is 12.1 Å². The van der Waals surface area contributed by atoms with Crippen LogP contribution in [0.15, 0.2) is 24.3 Å². The fourth-order valence-corrected chi connectivity index (χ4v) is 1.91. The number of aliphatic hydroxyl groups excluding tert-OH is 1. The number of rotatable bonds is 3. The molecular formula is C13H17NO3. The van der Waals surface area contributed by atoms with E-state index in [1.54, 1.807) is 12.1 Å². The maximum Gasteiger partial charge on any atom is 0.261 e. The Bertz CT molecular complexity index is 392. The van der Waals surface area contributed by atoms with Gasteiger partial charge < -0.3 is 15.2 Å². The highest BCUT2D eigenvalue weighted by atomic mass is 16.5. The minimum atomic E-state index is -0.411. The largest absolute Gasteiger partial charge is 0.481 e. The van der Waals surface area contributed by atoms with Gasteiger partial charge in [-0.05, 0) is 37.0 Å². The molecule has 0 saturated carbocycles. The number of benzene rings is 1. The molecule has 4 heteroatoms. The Hall–Kier alpha value is -1.55. The van der Waals surface area contributed by atoms with E-state index in [0.717, 1.165) is 31.4 Å². The second-order valence-corrected chi connectivity index (χ2v) is 4.20. The summed E-state index contributed by atoms with van der Waals surface area (Å²) in [7, 11) is 0. The minimum Gasteiger partial charge on any atom is -0.481 e. The van der Waals surface area contributed by atoms with Crippen LogP contribution >= 0.6 is 0 Å². The topological polar surface area (TPSA) is 58.6 Å². The molecule has 2 N–H and O–H groups in total. The first kappa shape index (κ1) is 11.9. The van der Waals surface area contributed by atoms with Crippen LogP contribution in [0.5, 0.6) is 5.75 Å². The van der Waals surface area contributed by atoms with E-state index in [4.69, 9.17) is 9.84 Å². The first-order valence-electron chi connectivity index (χ1n) is 5.94. The summed E-state index contributed by atoms with van der Waals surface area (Å²) < 4.78 is 5.67. The van der Waals surface area contributed by atoms with Crippen molar-refractivity contribution in [1.29, 1.82) is 0 Å². The number of hydrogen-bond acceptors (Lipinski definition) is 3. The first-order chi connectivity index (χ1) is 8.29. The molecule has 1 aliphatic rings. The smallest absolute Gasteiger partial charge is 0.261 e. The van der Waals surface area contributed by atoms with Gasteiger partial charge in [-0.3, -0.25) is 4.79 Å². The number of carbonyl (C=O) groups excluding carboxylic acids is 1. The van der Waals surface area contributed by atoms with Gasteiger partial charge in [0.2, 0.25) is 0 Å². The van der Waals surface area contributed by atoms with Gasteiger partial charge in [0.05, 0.1) is 6.61 Å². The molecule has 1 aromatic carbocycles. The molecule has 1 aliphatic heterocycles. The second-order valence-electron chi connectivity index (χ2n) is 4.20. The summed E-state index contributed by atoms with van der Waals surface area (Å²) in [4.78, 5) is 11.7. The van der Waals surface area contributed by atoms with Gasteiger partial charge in [0.25, 0.3) is 5.91 Å². The van der Waals surface area contributed by atoms with Gasteiger partial charge in [-0.1, -0.05) is 12.1 Å². The predicted octanol–water partition coefficient (Wildman–Crippen LogP) is 1.23. The molecule has 17 heavy (non-hydrogen) atoms. The molecule has 1 saturated heterocycles. The molecule has 0 aromatic heterocycles. The van der Waals surface area contributed by atoms with Crippen molar-refractivity contribution in [2.24, 2.45) is 0 Å². The molecule has 1 heterocycles. The monoisotopic (exact) mass is 235 g/mol. The van der Waals surface area contributed by atoms with Crippen LogP contribution in [0.4, 0.5) is 0 Å². The van der Waals surface area contributed by atoms with Crippen molar-refractivity contribution >= 4 is 5.91 Å². The van der Waals surface area contributed by atoms with E-state index in [1.165, 1.54) is 0 Å². The van der Waals surface area contributed by atoms with Gasteiger partial charge in [0.1, 0.15) is 5.75 Å². The Morgan fingerprint density at radius 3 is 3.12 bits per heavy atom. The van der Waals surface area contributed by atoms with Crippen LogP contribution in [0.1, 0.15) is 24.8 Å². The van der Waals surface area contributed by atoms with E-state index in [-0.39, 0.29) is 12.5 Å². The maximum atomic E-state index is 11.7. The normalized spacial score (nSPS) is 20.5. The van der Waals surface area contributed by atoms with Crippen molar-refractivity contribution in [3.63, 3.8) is 0 Å². The Balaban J connectivity index is 2.05. The number of nitrogens with one attached hydrogen (secondary N) is 1. The summed E-state index contributed by atoms with van der Waals surface area (Å²) >= 11 is 0. The molecule has 0 aliphatic carbocycles. The van der Waals surface area contributed by atoms with Gasteiger partial charge in [-0.15, -0.1) is 0 Å². The van der Waals surface area contributed by atoms with Gasteiger partial charge in [-0.2, -0.15) is 0 Å². The number of aliphatic hydroxyl groups is 1. The summed E-state index contributed by atoms with van der Waals surface area (Å²) in [6, 6.07) is 7.20. The number of amides is 1. The lowest BCUT2D eigenvalue weighted by Crippen LogP contribution is -2.36. The molecule has 4 nitrogen and oxygen atoms in total. The molecular weight excluding hydrogens is 218 g/mol. The molecule has 0 bridgehead atoms. The third-order valence-electron chi connectivity index (χ3n) is 2.84. The SMILES string of the molecule is O=C1NCCCCC1Oc1cccc(CO)c1. The summed E-state index contributed by atoms with van der Waals surface area (Å²) in [5, 5.41) is 11.9. The zero-order chi connectivity index (χ0) is 12.1. The number of hydrogen-bond donors (Lipinski definition) is 2. The maximum absolute atomic E-state index is 11.7. The average Bonchev–Trinajstić information content (AvgIpc) is 2.55. The minimum absolute atomic E-state index is 0.0198. The average molecular weight is 235 g/mol. The van der Waals surface area contributed by atoms with Crippen LogP contribution in [-0.4, -0.2) is 23.7 Å². The van der Waals surface area contributed by atoms with Gasteiger partial charge in [0, 0.05) is 6.54 Å². The molecule has 1 fully saturated rings. The lowest BCUT2D eigenvalue weighted by Gasteiger charge is -2.16. The highest BCUT2D eigenvalue weighted by Gasteiger charge is 2.22. The van der Waals surface area contributed by atoms with Gasteiger partial charge in [-0.25, -0.2) is 0 Å². The fraction of sp³-hybridized carbons (Fsp3) is 0.462. The molecule has 92 valence electrons. The Morgan fingerprint density at radius 1 is 1.41 bits per heavy atom. The van der Waals surface area contributed by atoms with E-state index in [0.29, 0.717) is 5.75 Å². The van der Waals surface area contributed by atoms with Crippen molar-refractivity contribution in [1.82, 2.24) is 5.32 Å². The predicted molar refractivity (Wildman–Crippen MR) is 63.6 cm³/mol. The molecule has 1 amide bonds. The Kier molecular flexibility index (Phi) is 3.98. The van der Waals surface area contributed by atoms with E-state index in [9.17, 15) is 4.79 Å². The summed E-state index contributed by atoms with van der Waals surface area (Å²) in [6.07, 6.45) is 2.33. The Labute approximate surface area is 101 Å². The zero-order valence-corrected chi connectivity index (χ0v) is 9.69. The molecule has 2 rings (SSSR count). The van der Waals surface area contributed by atoms with Gasteiger partial charge >= 0.3 is 0 Å². The van der Waals surface area contributed by atoms with Crippen molar-refractivity contribution in [2.45, 2.75) is 32.0 Å².